The van der Waals surface area contributed by atoms with Gasteiger partial charge >= 0.3 is 6.03 Å². The molecule has 2 rings (SSSR count). The molecule has 2 aromatic rings. The molecule has 0 fully saturated rings. The molecular formula is C15H14ClN3O3S. The standard InChI is InChI=1S/C15H14ClN3O3S/c1-9(20)17-11-3-5-12(6-4-11)19(23)15(22)18-13-8-10(16)2-7-14(13)21/h2-8,21,23H,1H3,(H,17,20)(H,18,22). The van der Waals surface area contributed by atoms with Crippen LogP contribution in [0.1, 0.15) is 6.92 Å². The number of phenols is 1. The molecule has 0 atom stereocenters. The van der Waals surface area contributed by atoms with Crippen molar-refractivity contribution < 1.29 is 14.7 Å². The predicted molar refractivity (Wildman–Crippen MR) is 94.3 cm³/mol. The Morgan fingerprint density at radius 1 is 1.13 bits per heavy atom. The number of hydrogen-bond acceptors (Lipinski definition) is 4. The second-order valence-corrected chi connectivity index (χ2v) is 5.47. The monoisotopic (exact) mass is 351 g/mol. The molecule has 0 saturated carbocycles. The van der Waals surface area contributed by atoms with Crippen molar-refractivity contribution in [2.45, 2.75) is 6.92 Å². The minimum Gasteiger partial charge on any atom is -0.506 e. The van der Waals surface area contributed by atoms with Gasteiger partial charge in [-0.05, 0) is 42.5 Å². The van der Waals surface area contributed by atoms with Crippen LogP contribution in [0.3, 0.4) is 0 Å². The van der Waals surface area contributed by atoms with Crippen LogP contribution in [-0.2, 0) is 4.79 Å². The zero-order valence-corrected chi connectivity index (χ0v) is 13.7. The fourth-order valence-electron chi connectivity index (χ4n) is 1.78. The number of rotatable bonds is 3. The van der Waals surface area contributed by atoms with Gasteiger partial charge < -0.3 is 15.7 Å². The Kier molecular flexibility index (Phi) is 5.36. The molecule has 0 aliphatic heterocycles. The fourth-order valence-corrected chi connectivity index (χ4v) is 2.14. The molecule has 0 aromatic heterocycles. The maximum atomic E-state index is 12.2. The van der Waals surface area contributed by atoms with Crippen LogP contribution in [0, 0.1) is 0 Å². The van der Waals surface area contributed by atoms with Crippen molar-refractivity contribution >= 4 is 53.4 Å². The lowest BCUT2D eigenvalue weighted by atomic mass is 10.2. The van der Waals surface area contributed by atoms with E-state index in [9.17, 15) is 14.7 Å². The number of halogens is 1. The van der Waals surface area contributed by atoms with Crippen molar-refractivity contribution in [3.63, 3.8) is 0 Å². The molecule has 0 bridgehead atoms. The van der Waals surface area contributed by atoms with Crippen molar-refractivity contribution in [1.82, 2.24) is 0 Å². The van der Waals surface area contributed by atoms with E-state index < -0.39 is 6.03 Å². The number of thiol groups is 1. The first-order valence-electron chi connectivity index (χ1n) is 6.53. The first-order valence-corrected chi connectivity index (χ1v) is 7.31. The van der Waals surface area contributed by atoms with Gasteiger partial charge in [0.2, 0.25) is 5.91 Å². The van der Waals surface area contributed by atoms with E-state index in [0.717, 1.165) is 4.31 Å². The smallest absolute Gasteiger partial charge is 0.336 e. The summed E-state index contributed by atoms with van der Waals surface area (Å²) >= 11 is 9.95. The number of benzene rings is 2. The number of hydrogen-bond donors (Lipinski definition) is 4. The maximum absolute atomic E-state index is 12.2. The number of urea groups is 1. The van der Waals surface area contributed by atoms with Crippen molar-refractivity contribution in [1.29, 1.82) is 0 Å². The summed E-state index contributed by atoms with van der Waals surface area (Å²) in [7, 11) is 0. The molecule has 2 aromatic carbocycles. The third-order valence-corrected chi connectivity index (χ3v) is 3.47. The number of anilines is 3. The Balaban J connectivity index is 2.10. The molecule has 23 heavy (non-hydrogen) atoms. The first kappa shape index (κ1) is 17.0. The molecule has 0 heterocycles. The van der Waals surface area contributed by atoms with Gasteiger partial charge in [0.05, 0.1) is 11.4 Å². The summed E-state index contributed by atoms with van der Waals surface area (Å²) in [6.07, 6.45) is 0. The van der Waals surface area contributed by atoms with E-state index >= 15 is 0 Å². The van der Waals surface area contributed by atoms with E-state index in [4.69, 9.17) is 11.6 Å². The number of aromatic hydroxyl groups is 1. The predicted octanol–water partition coefficient (Wildman–Crippen LogP) is 3.89. The maximum Gasteiger partial charge on any atom is 0.336 e. The van der Waals surface area contributed by atoms with E-state index in [1.807, 2.05) is 0 Å². The van der Waals surface area contributed by atoms with Crippen LogP contribution in [0.25, 0.3) is 0 Å². The minimum atomic E-state index is -0.571. The van der Waals surface area contributed by atoms with Gasteiger partial charge in [-0.15, -0.1) is 0 Å². The van der Waals surface area contributed by atoms with Crippen molar-refractivity contribution in [3.8, 4) is 5.75 Å². The highest BCUT2D eigenvalue weighted by Crippen LogP contribution is 2.28. The highest BCUT2D eigenvalue weighted by Gasteiger charge is 2.14. The Hall–Kier alpha value is -2.38. The quantitative estimate of drug-likeness (QED) is 0.500. The largest absolute Gasteiger partial charge is 0.506 e. The van der Waals surface area contributed by atoms with Gasteiger partial charge in [-0.2, -0.15) is 0 Å². The Labute approximate surface area is 143 Å². The molecule has 3 amide bonds. The number of carbonyl (C=O) groups excluding carboxylic acids is 2. The zero-order chi connectivity index (χ0) is 17.0. The van der Waals surface area contributed by atoms with Gasteiger partial charge in [-0.3, -0.25) is 4.79 Å². The Morgan fingerprint density at radius 2 is 1.78 bits per heavy atom. The van der Waals surface area contributed by atoms with Gasteiger partial charge in [-0.25, -0.2) is 9.10 Å². The molecule has 0 unspecified atom stereocenters. The molecule has 0 aliphatic carbocycles. The molecule has 0 spiro atoms. The topological polar surface area (TPSA) is 81.7 Å². The van der Waals surface area contributed by atoms with Crippen molar-refractivity contribution in [2.24, 2.45) is 0 Å². The van der Waals surface area contributed by atoms with Crippen LogP contribution in [0.4, 0.5) is 21.9 Å². The fraction of sp³-hybridized carbons (Fsp3) is 0.0667. The van der Waals surface area contributed by atoms with E-state index in [1.165, 1.54) is 25.1 Å². The summed E-state index contributed by atoms with van der Waals surface area (Å²) in [6, 6.07) is 10.3. The second kappa shape index (κ2) is 7.26. The summed E-state index contributed by atoms with van der Waals surface area (Å²) in [4.78, 5) is 23.1. The zero-order valence-electron chi connectivity index (χ0n) is 12.1. The number of nitrogens with zero attached hydrogens (tertiary/aromatic N) is 1. The summed E-state index contributed by atoms with van der Waals surface area (Å²) in [5.41, 5.74) is 1.27. The molecule has 0 radical (unpaired) electrons. The molecule has 0 aliphatic rings. The minimum absolute atomic E-state index is 0.106. The lowest BCUT2D eigenvalue weighted by Crippen LogP contribution is -2.26. The van der Waals surface area contributed by atoms with Gasteiger partial charge in [0, 0.05) is 17.6 Å². The average Bonchev–Trinajstić information content (AvgIpc) is 2.50. The lowest BCUT2D eigenvalue weighted by Gasteiger charge is -2.17. The number of carbonyl (C=O) groups is 2. The van der Waals surface area contributed by atoms with Gasteiger partial charge in [0.25, 0.3) is 0 Å². The molecule has 3 N–H and O–H groups in total. The molecule has 0 saturated heterocycles. The summed E-state index contributed by atoms with van der Waals surface area (Å²) < 4.78 is 1.07. The van der Waals surface area contributed by atoms with Crippen LogP contribution < -0.4 is 14.9 Å². The summed E-state index contributed by atoms with van der Waals surface area (Å²) in [5, 5.41) is 15.2. The van der Waals surface area contributed by atoms with E-state index in [1.54, 1.807) is 24.3 Å². The van der Waals surface area contributed by atoms with Crippen LogP contribution >= 0.6 is 24.4 Å². The van der Waals surface area contributed by atoms with E-state index in [2.05, 4.69) is 23.4 Å². The lowest BCUT2D eigenvalue weighted by molar-refractivity contribution is -0.114. The number of phenolic OH excluding ortho intramolecular Hbond substituents is 1. The van der Waals surface area contributed by atoms with Gasteiger partial charge in [0.1, 0.15) is 5.75 Å². The van der Waals surface area contributed by atoms with Crippen molar-refractivity contribution in [3.05, 3.63) is 47.5 Å². The van der Waals surface area contributed by atoms with Crippen LogP contribution in [-0.4, -0.2) is 17.0 Å². The number of nitrogens with one attached hydrogen (secondary N) is 2. The SMILES string of the molecule is CC(=O)Nc1ccc(N(S)C(=O)Nc2cc(Cl)ccc2O)cc1. The molecule has 6 nitrogen and oxygen atoms in total. The average molecular weight is 352 g/mol. The molecule has 8 heteroatoms. The third kappa shape index (κ3) is 4.54. The first-order chi connectivity index (χ1) is 10.9. The third-order valence-electron chi connectivity index (χ3n) is 2.82. The molecular weight excluding hydrogens is 338 g/mol. The van der Waals surface area contributed by atoms with Gasteiger partial charge in [-0.1, -0.05) is 24.4 Å². The summed E-state index contributed by atoms with van der Waals surface area (Å²) in [6.45, 7) is 1.41. The van der Waals surface area contributed by atoms with E-state index in [0.29, 0.717) is 16.4 Å². The van der Waals surface area contributed by atoms with E-state index in [-0.39, 0.29) is 17.3 Å². The Bertz CT molecular complexity index is 737. The highest BCUT2D eigenvalue weighted by atomic mass is 35.5. The number of amides is 3. The van der Waals surface area contributed by atoms with Crippen molar-refractivity contribution in [2.75, 3.05) is 14.9 Å². The second-order valence-electron chi connectivity index (χ2n) is 4.63. The normalized spacial score (nSPS) is 10.0. The van der Waals surface area contributed by atoms with Crippen LogP contribution in [0.15, 0.2) is 42.5 Å². The van der Waals surface area contributed by atoms with Gasteiger partial charge in [0.15, 0.2) is 0 Å². The Morgan fingerprint density at radius 3 is 2.39 bits per heavy atom. The summed E-state index contributed by atoms with van der Waals surface area (Å²) in [5.74, 6) is -0.292. The molecule has 120 valence electrons. The van der Waals surface area contributed by atoms with Crippen LogP contribution in [0.2, 0.25) is 5.02 Å². The highest BCUT2D eigenvalue weighted by molar-refractivity contribution is 7.82. The van der Waals surface area contributed by atoms with Crippen LogP contribution in [0.5, 0.6) is 5.75 Å².